The molecule has 0 unspecified atom stereocenters. The van der Waals surface area contributed by atoms with E-state index in [0.29, 0.717) is 0 Å². The largest absolute Gasteiger partial charge is 0.495 e. The van der Waals surface area contributed by atoms with Crippen LogP contribution in [0, 0.1) is 29.1 Å². The minimum absolute atomic E-state index is 0.0398. The van der Waals surface area contributed by atoms with Crippen molar-refractivity contribution in [3.05, 3.63) is 47.3 Å². The van der Waals surface area contributed by atoms with Gasteiger partial charge in [0.05, 0.1) is 25.1 Å². The number of benzene rings is 2. The molecule has 0 radical (unpaired) electrons. The molecule has 2 aromatic carbocycles. The van der Waals surface area contributed by atoms with E-state index in [2.05, 4.69) is 10.6 Å². The number of carbonyl (C=O) groups excluding carboxylic acids is 2. The molecule has 2 amide bonds. The van der Waals surface area contributed by atoms with Crippen molar-refractivity contribution in [1.82, 2.24) is 5.32 Å². The molecule has 0 aromatic heterocycles. The zero-order chi connectivity index (χ0) is 25.1. The SMILES string of the molecule is COc1ccc(NS(=O)(=O)c2c(F)c(F)c(F)c(F)c2F)cc1NC(=O)[C@H](CO)NC(C)=O. The Hall–Kier alpha value is -3.46. The molecule has 0 fully saturated rings. The van der Waals surface area contributed by atoms with Gasteiger partial charge in [0.25, 0.3) is 10.0 Å². The standard InChI is InChI=1S/C18H16F5N3O6S/c1-7(28)24-10(6-27)18(29)25-9-5-8(3-4-11(9)32-2)26-33(30,31)17-15(22)13(20)12(19)14(21)16(17)23/h3-5,10,26-27H,6H2,1-2H3,(H,24,28)(H,25,29)/t10-/m0/s1. The number of sulfonamides is 1. The van der Waals surface area contributed by atoms with Gasteiger partial charge in [0, 0.05) is 6.92 Å². The van der Waals surface area contributed by atoms with Crippen molar-refractivity contribution in [3.63, 3.8) is 0 Å². The third-order valence-electron chi connectivity index (χ3n) is 4.02. The zero-order valence-electron chi connectivity index (χ0n) is 16.8. The Kier molecular flexibility index (Phi) is 7.81. The average Bonchev–Trinajstić information content (AvgIpc) is 2.74. The Morgan fingerprint density at radius 3 is 2.06 bits per heavy atom. The summed E-state index contributed by atoms with van der Waals surface area (Å²) in [6.45, 7) is 0.297. The molecule has 15 heteroatoms. The highest BCUT2D eigenvalue weighted by Crippen LogP contribution is 2.31. The summed E-state index contributed by atoms with van der Waals surface area (Å²) in [6, 6.07) is 1.64. The number of carbonyl (C=O) groups is 2. The maximum absolute atomic E-state index is 13.9. The van der Waals surface area contributed by atoms with Crippen molar-refractivity contribution in [2.75, 3.05) is 23.8 Å². The first-order valence-corrected chi connectivity index (χ1v) is 10.2. The molecule has 2 rings (SSSR count). The maximum atomic E-state index is 13.9. The Bertz CT molecular complexity index is 1180. The van der Waals surface area contributed by atoms with Gasteiger partial charge in [-0.2, -0.15) is 0 Å². The van der Waals surface area contributed by atoms with E-state index in [1.165, 1.54) is 7.11 Å². The lowest BCUT2D eigenvalue weighted by atomic mass is 10.2. The summed E-state index contributed by atoms with van der Waals surface area (Å²) in [7, 11) is -4.15. The highest BCUT2D eigenvalue weighted by atomic mass is 32.2. The van der Waals surface area contributed by atoms with Crippen LogP contribution in [0.2, 0.25) is 0 Å². The first-order chi connectivity index (χ1) is 15.3. The van der Waals surface area contributed by atoms with Crippen molar-refractivity contribution < 1.29 is 49.8 Å². The van der Waals surface area contributed by atoms with Crippen molar-refractivity contribution in [2.45, 2.75) is 17.9 Å². The molecule has 4 N–H and O–H groups in total. The van der Waals surface area contributed by atoms with Crippen LogP contribution in [0.15, 0.2) is 23.1 Å². The molecule has 0 saturated carbocycles. The first kappa shape index (κ1) is 25.8. The van der Waals surface area contributed by atoms with Crippen LogP contribution in [0.3, 0.4) is 0 Å². The Morgan fingerprint density at radius 2 is 1.58 bits per heavy atom. The summed E-state index contributed by atoms with van der Waals surface area (Å²) in [6.07, 6.45) is 0. The summed E-state index contributed by atoms with van der Waals surface area (Å²) in [4.78, 5) is 21.3. The number of rotatable bonds is 8. The van der Waals surface area contributed by atoms with Crippen molar-refractivity contribution in [3.8, 4) is 5.75 Å². The van der Waals surface area contributed by atoms with Crippen LogP contribution in [0.1, 0.15) is 6.92 Å². The number of nitrogens with one attached hydrogen (secondary N) is 3. The van der Waals surface area contributed by atoms with Gasteiger partial charge in [-0.25, -0.2) is 30.4 Å². The van der Waals surface area contributed by atoms with Crippen LogP contribution in [0.4, 0.5) is 33.3 Å². The van der Waals surface area contributed by atoms with Crippen LogP contribution in [-0.2, 0) is 19.6 Å². The molecule has 2 aromatic rings. The van der Waals surface area contributed by atoms with Gasteiger partial charge in [0.1, 0.15) is 11.8 Å². The van der Waals surface area contributed by atoms with Crippen LogP contribution >= 0.6 is 0 Å². The smallest absolute Gasteiger partial charge is 0.267 e. The summed E-state index contributed by atoms with van der Waals surface area (Å²) in [5.41, 5.74) is -0.681. The topological polar surface area (TPSA) is 134 Å². The number of aliphatic hydroxyl groups excluding tert-OH is 1. The summed E-state index contributed by atoms with van der Waals surface area (Å²) in [5, 5.41) is 13.6. The van der Waals surface area contributed by atoms with E-state index < -0.39 is 74.2 Å². The van der Waals surface area contributed by atoms with Crippen LogP contribution in [-0.4, -0.2) is 45.1 Å². The van der Waals surface area contributed by atoms with Crippen LogP contribution in [0.25, 0.3) is 0 Å². The summed E-state index contributed by atoms with van der Waals surface area (Å²) in [5.74, 6) is -14.2. The molecule has 0 bridgehead atoms. The molecule has 1 atom stereocenters. The fourth-order valence-corrected chi connectivity index (χ4v) is 3.75. The molecule has 180 valence electrons. The summed E-state index contributed by atoms with van der Waals surface area (Å²) < 4.78 is 99.3. The summed E-state index contributed by atoms with van der Waals surface area (Å²) >= 11 is 0. The van der Waals surface area contributed by atoms with Crippen molar-refractivity contribution in [2.24, 2.45) is 0 Å². The van der Waals surface area contributed by atoms with E-state index in [0.717, 1.165) is 25.1 Å². The third-order valence-corrected chi connectivity index (χ3v) is 5.42. The molecule has 0 aliphatic heterocycles. The lowest BCUT2D eigenvalue weighted by molar-refractivity contribution is -0.126. The van der Waals surface area contributed by atoms with Crippen molar-refractivity contribution >= 4 is 33.2 Å². The number of hydrogen-bond acceptors (Lipinski definition) is 6. The number of halogens is 5. The molecular formula is C18H16F5N3O6S. The monoisotopic (exact) mass is 497 g/mol. The van der Waals surface area contributed by atoms with Gasteiger partial charge < -0.3 is 20.5 Å². The zero-order valence-corrected chi connectivity index (χ0v) is 17.6. The Morgan fingerprint density at radius 1 is 1.03 bits per heavy atom. The third kappa shape index (κ3) is 5.48. The van der Waals surface area contributed by atoms with E-state index in [9.17, 15) is 45.1 Å². The minimum Gasteiger partial charge on any atom is -0.495 e. The number of ether oxygens (including phenoxy) is 1. The second-order valence-electron chi connectivity index (χ2n) is 6.34. The molecule has 0 saturated heterocycles. The Labute approximate surface area is 183 Å². The highest BCUT2D eigenvalue weighted by molar-refractivity contribution is 7.92. The van der Waals surface area contributed by atoms with E-state index in [1.807, 2.05) is 0 Å². The number of hydrogen-bond donors (Lipinski definition) is 4. The molecule has 0 aliphatic carbocycles. The van der Waals surface area contributed by atoms with Crippen LogP contribution in [0.5, 0.6) is 5.75 Å². The van der Waals surface area contributed by atoms with Gasteiger partial charge in [0.15, 0.2) is 28.2 Å². The number of aliphatic hydroxyl groups is 1. The minimum atomic E-state index is -5.34. The fourth-order valence-electron chi connectivity index (χ4n) is 2.56. The van der Waals surface area contributed by atoms with E-state index >= 15 is 0 Å². The normalized spacial score (nSPS) is 12.1. The van der Waals surface area contributed by atoms with E-state index in [1.54, 1.807) is 4.72 Å². The van der Waals surface area contributed by atoms with Gasteiger partial charge in [-0.3, -0.25) is 14.3 Å². The maximum Gasteiger partial charge on any atom is 0.267 e. The fraction of sp³-hybridized carbons (Fsp3) is 0.222. The number of methoxy groups -OCH3 is 1. The molecule has 0 spiro atoms. The predicted molar refractivity (Wildman–Crippen MR) is 103 cm³/mol. The van der Waals surface area contributed by atoms with Gasteiger partial charge in [-0.1, -0.05) is 0 Å². The molecule has 0 heterocycles. The van der Waals surface area contributed by atoms with Gasteiger partial charge in [-0.05, 0) is 18.2 Å². The predicted octanol–water partition coefficient (Wildman–Crippen LogP) is 1.63. The molecule has 33 heavy (non-hydrogen) atoms. The second-order valence-corrected chi connectivity index (χ2v) is 7.96. The lowest BCUT2D eigenvalue weighted by Crippen LogP contribution is -2.45. The van der Waals surface area contributed by atoms with Gasteiger partial charge >= 0.3 is 0 Å². The van der Waals surface area contributed by atoms with Crippen LogP contribution < -0.4 is 20.1 Å². The highest BCUT2D eigenvalue weighted by Gasteiger charge is 2.33. The molecule has 9 nitrogen and oxygen atoms in total. The van der Waals surface area contributed by atoms with Crippen molar-refractivity contribution in [1.29, 1.82) is 0 Å². The van der Waals surface area contributed by atoms with E-state index in [4.69, 9.17) is 4.74 Å². The quantitative estimate of drug-likeness (QED) is 0.249. The molecule has 0 aliphatic rings. The number of amides is 2. The second kappa shape index (κ2) is 9.99. The van der Waals surface area contributed by atoms with Gasteiger partial charge in [-0.15, -0.1) is 0 Å². The lowest BCUT2D eigenvalue weighted by Gasteiger charge is -2.18. The number of anilines is 2. The average molecular weight is 497 g/mol. The Balaban J connectivity index is 2.44. The molecular weight excluding hydrogens is 481 g/mol. The first-order valence-electron chi connectivity index (χ1n) is 8.75. The van der Waals surface area contributed by atoms with Gasteiger partial charge in [0.2, 0.25) is 17.6 Å². The van der Waals surface area contributed by atoms with E-state index in [-0.39, 0.29) is 11.4 Å².